The first-order chi connectivity index (χ1) is 10.6. The summed E-state index contributed by atoms with van der Waals surface area (Å²) in [6.07, 6.45) is 1.72. The standard InChI is InChI=1S/C15H13FN4OS/c1-20-14(10-4-6-11(16)7-5-10)18-19-15(20)22-9-13(21)12-3-2-8-17-12/h2-8,17H,9H2,1H3. The topological polar surface area (TPSA) is 63.6 Å². The van der Waals surface area contributed by atoms with Crippen LogP contribution in [-0.4, -0.2) is 31.3 Å². The minimum absolute atomic E-state index is 0.00123. The van der Waals surface area contributed by atoms with Crippen molar-refractivity contribution in [2.24, 2.45) is 7.05 Å². The lowest BCUT2D eigenvalue weighted by Crippen LogP contribution is -2.04. The van der Waals surface area contributed by atoms with Crippen LogP contribution in [0.4, 0.5) is 4.39 Å². The molecule has 1 aromatic carbocycles. The molecule has 112 valence electrons. The van der Waals surface area contributed by atoms with E-state index in [2.05, 4.69) is 15.2 Å². The molecule has 0 unspecified atom stereocenters. The summed E-state index contributed by atoms with van der Waals surface area (Å²) in [6, 6.07) is 9.59. The highest BCUT2D eigenvalue weighted by Crippen LogP contribution is 2.23. The van der Waals surface area contributed by atoms with Gasteiger partial charge in [-0.05, 0) is 36.4 Å². The van der Waals surface area contributed by atoms with E-state index in [1.165, 1.54) is 23.9 Å². The number of aromatic amines is 1. The van der Waals surface area contributed by atoms with E-state index >= 15 is 0 Å². The molecular weight excluding hydrogens is 303 g/mol. The molecule has 0 saturated carbocycles. The second-order valence-electron chi connectivity index (χ2n) is 4.67. The summed E-state index contributed by atoms with van der Waals surface area (Å²) in [5, 5.41) is 8.83. The summed E-state index contributed by atoms with van der Waals surface area (Å²) < 4.78 is 14.8. The minimum atomic E-state index is -0.294. The van der Waals surface area contributed by atoms with E-state index in [0.29, 0.717) is 16.7 Å². The maximum atomic E-state index is 13.0. The molecule has 0 saturated heterocycles. The van der Waals surface area contributed by atoms with E-state index in [9.17, 15) is 9.18 Å². The van der Waals surface area contributed by atoms with E-state index in [-0.39, 0.29) is 17.4 Å². The van der Waals surface area contributed by atoms with Crippen LogP contribution in [0.5, 0.6) is 0 Å². The second-order valence-corrected chi connectivity index (χ2v) is 5.61. The Labute approximate surface area is 130 Å². The number of ketones is 1. The molecule has 22 heavy (non-hydrogen) atoms. The van der Waals surface area contributed by atoms with Gasteiger partial charge in [-0.15, -0.1) is 10.2 Å². The molecule has 0 amide bonds. The maximum absolute atomic E-state index is 13.0. The highest BCUT2D eigenvalue weighted by molar-refractivity contribution is 7.99. The van der Waals surface area contributed by atoms with Crippen molar-refractivity contribution in [1.82, 2.24) is 19.7 Å². The molecule has 0 atom stereocenters. The Balaban J connectivity index is 1.73. The predicted octanol–water partition coefficient (Wildman–Crippen LogP) is 2.92. The van der Waals surface area contributed by atoms with Gasteiger partial charge >= 0.3 is 0 Å². The van der Waals surface area contributed by atoms with Crippen LogP contribution in [0.1, 0.15) is 10.5 Å². The van der Waals surface area contributed by atoms with Gasteiger partial charge in [0.1, 0.15) is 5.82 Å². The smallest absolute Gasteiger partial charge is 0.191 e. The molecule has 0 spiro atoms. The van der Waals surface area contributed by atoms with Gasteiger partial charge in [0.25, 0.3) is 0 Å². The first kappa shape index (κ1) is 14.5. The molecule has 3 aromatic rings. The van der Waals surface area contributed by atoms with Crippen molar-refractivity contribution < 1.29 is 9.18 Å². The van der Waals surface area contributed by atoms with E-state index < -0.39 is 0 Å². The number of aromatic nitrogens is 4. The third-order valence-electron chi connectivity index (χ3n) is 3.17. The van der Waals surface area contributed by atoms with Crippen molar-refractivity contribution in [3.63, 3.8) is 0 Å². The average molecular weight is 316 g/mol. The van der Waals surface area contributed by atoms with Gasteiger partial charge in [-0.3, -0.25) is 4.79 Å². The number of Topliss-reactive ketones (excluding diaryl/α,β-unsaturated/α-hetero) is 1. The number of nitrogens with one attached hydrogen (secondary N) is 1. The molecule has 5 nitrogen and oxygen atoms in total. The Morgan fingerprint density at radius 1 is 1.27 bits per heavy atom. The van der Waals surface area contributed by atoms with Crippen molar-refractivity contribution in [2.45, 2.75) is 5.16 Å². The monoisotopic (exact) mass is 316 g/mol. The molecule has 3 rings (SSSR count). The Morgan fingerprint density at radius 2 is 2.05 bits per heavy atom. The summed E-state index contributed by atoms with van der Waals surface area (Å²) in [4.78, 5) is 14.8. The third kappa shape index (κ3) is 2.94. The highest BCUT2D eigenvalue weighted by atomic mass is 32.2. The molecule has 0 aliphatic heterocycles. The fourth-order valence-corrected chi connectivity index (χ4v) is 2.80. The number of rotatable bonds is 5. The SMILES string of the molecule is Cn1c(SCC(=O)c2ccc[nH]2)nnc1-c1ccc(F)cc1. The van der Waals surface area contributed by atoms with Crippen molar-refractivity contribution >= 4 is 17.5 Å². The van der Waals surface area contributed by atoms with Gasteiger partial charge in [-0.1, -0.05) is 11.8 Å². The maximum Gasteiger partial charge on any atom is 0.191 e. The molecule has 0 aliphatic rings. The van der Waals surface area contributed by atoms with Crippen LogP contribution in [-0.2, 0) is 7.05 Å². The molecule has 2 aromatic heterocycles. The lowest BCUT2D eigenvalue weighted by atomic mass is 10.2. The molecule has 1 N–H and O–H groups in total. The van der Waals surface area contributed by atoms with Crippen molar-refractivity contribution in [3.8, 4) is 11.4 Å². The number of hydrogen-bond acceptors (Lipinski definition) is 4. The van der Waals surface area contributed by atoms with Gasteiger partial charge in [0, 0.05) is 18.8 Å². The van der Waals surface area contributed by atoms with E-state index in [1.54, 1.807) is 35.0 Å². The second kappa shape index (κ2) is 6.15. The molecule has 7 heteroatoms. The number of nitrogens with zero attached hydrogens (tertiary/aromatic N) is 3. The van der Waals surface area contributed by atoms with Crippen LogP contribution >= 0.6 is 11.8 Å². The summed E-state index contributed by atoms with van der Waals surface area (Å²) >= 11 is 1.32. The molecule has 0 bridgehead atoms. The van der Waals surface area contributed by atoms with Crippen LogP contribution in [0.25, 0.3) is 11.4 Å². The predicted molar refractivity (Wildman–Crippen MR) is 82.2 cm³/mol. The normalized spacial score (nSPS) is 10.8. The van der Waals surface area contributed by atoms with Gasteiger partial charge in [0.05, 0.1) is 11.4 Å². The quantitative estimate of drug-likeness (QED) is 0.581. The average Bonchev–Trinajstić information content (AvgIpc) is 3.16. The largest absolute Gasteiger partial charge is 0.359 e. The molecular formula is C15H13FN4OS. The first-order valence-electron chi connectivity index (χ1n) is 6.60. The Bertz CT molecular complexity index is 780. The third-order valence-corrected chi connectivity index (χ3v) is 4.19. The summed E-state index contributed by atoms with van der Waals surface area (Å²) in [5.41, 5.74) is 1.35. The zero-order valence-corrected chi connectivity index (χ0v) is 12.6. The lowest BCUT2D eigenvalue weighted by molar-refractivity contribution is 0.101. The number of thioether (sulfide) groups is 1. The summed E-state index contributed by atoms with van der Waals surface area (Å²) in [7, 11) is 1.82. The van der Waals surface area contributed by atoms with Gasteiger partial charge in [0.15, 0.2) is 16.8 Å². The number of hydrogen-bond donors (Lipinski definition) is 1. The fraction of sp³-hybridized carbons (Fsp3) is 0.133. The van der Waals surface area contributed by atoms with Crippen molar-refractivity contribution in [3.05, 3.63) is 54.1 Å². The van der Waals surface area contributed by atoms with Gasteiger partial charge in [-0.25, -0.2) is 4.39 Å². The molecule has 0 aliphatic carbocycles. The van der Waals surface area contributed by atoms with Crippen LogP contribution in [0, 0.1) is 5.82 Å². The minimum Gasteiger partial charge on any atom is -0.359 e. The van der Waals surface area contributed by atoms with Gasteiger partial charge in [-0.2, -0.15) is 0 Å². The highest BCUT2D eigenvalue weighted by Gasteiger charge is 2.14. The van der Waals surface area contributed by atoms with Crippen LogP contribution < -0.4 is 0 Å². The van der Waals surface area contributed by atoms with Crippen molar-refractivity contribution in [1.29, 1.82) is 0 Å². The van der Waals surface area contributed by atoms with Gasteiger partial charge in [0.2, 0.25) is 0 Å². The number of H-pyrrole nitrogens is 1. The van der Waals surface area contributed by atoms with E-state index in [0.717, 1.165) is 5.56 Å². The molecule has 2 heterocycles. The Hall–Kier alpha value is -2.41. The van der Waals surface area contributed by atoms with Crippen LogP contribution in [0.2, 0.25) is 0 Å². The van der Waals surface area contributed by atoms with Gasteiger partial charge < -0.3 is 9.55 Å². The number of halogens is 1. The van der Waals surface area contributed by atoms with E-state index in [1.807, 2.05) is 7.05 Å². The first-order valence-corrected chi connectivity index (χ1v) is 7.58. The number of carbonyl (C=O) groups is 1. The molecule has 0 fully saturated rings. The van der Waals surface area contributed by atoms with Crippen LogP contribution in [0.15, 0.2) is 47.8 Å². The summed E-state index contributed by atoms with van der Waals surface area (Å²) in [5.74, 6) is 0.615. The van der Waals surface area contributed by atoms with Crippen LogP contribution in [0.3, 0.4) is 0 Å². The summed E-state index contributed by atoms with van der Waals surface area (Å²) in [6.45, 7) is 0. The Kier molecular flexibility index (Phi) is 4.06. The molecule has 0 radical (unpaired) electrons. The zero-order chi connectivity index (χ0) is 15.5. The Morgan fingerprint density at radius 3 is 2.73 bits per heavy atom. The zero-order valence-electron chi connectivity index (χ0n) is 11.8. The number of carbonyl (C=O) groups excluding carboxylic acids is 1. The number of benzene rings is 1. The fourth-order valence-electron chi connectivity index (χ4n) is 2.00. The van der Waals surface area contributed by atoms with E-state index in [4.69, 9.17) is 0 Å². The lowest BCUT2D eigenvalue weighted by Gasteiger charge is -2.03. The van der Waals surface area contributed by atoms with Crippen molar-refractivity contribution in [2.75, 3.05) is 5.75 Å².